The van der Waals surface area contributed by atoms with E-state index in [0.29, 0.717) is 0 Å². The molecule has 1 heterocycles. The van der Waals surface area contributed by atoms with Crippen LogP contribution in [0.4, 0.5) is 0 Å². The normalized spacial score (nSPS) is 14.6. The van der Waals surface area contributed by atoms with Crippen LogP contribution in [0, 0.1) is 0 Å². The van der Waals surface area contributed by atoms with Gasteiger partial charge in [-0.2, -0.15) is 0 Å². The molecule has 0 aromatic heterocycles. The van der Waals surface area contributed by atoms with Crippen molar-refractivity contribution in [2.75, 3.05) is 26.3 Å². The van der Waals surface area contributed by atoms with E-state index in [1.165, 1.54) is 0 Å². The first-order valence-corrected chi connectivity index (χ1v) is 5.17. The Morgan fingerprint density at radius 2 is 1.64 bits per heavy atom. The highest BCUT2D eigenvalue weighted by Crippen LogP contribution is 1.98. The third kappa shape index (κ3) is 41.8. The Bertz CT molecular complexity index is 129. The molecule has 14 heavy (non-hydrogen) atoms. The maximum atomic E-state index is 9.00. The van der Waals surface area contributed by atoms with Crippen LogP contribution in [0.5, 0.6) is 0 Å². The van der Waals surface area contributed by atoms with E-state index in [2.05, 4.69) is 5.32 Å². The third-order valence-electron chi connectivity index (χ3n) is 0.846. The molecule has 0 aromatic carbocycles. The van der Waals surface area contributed by atoms with E-state index >= 15 is 0 Å². The van der Waals surface area contributed by atoms with Gasteiger partial charge in [0.15, 0.2) is 0 Å². The topological polar surface area (TPSA) is 116 Å². The Morgan fingerprint density at radius 1 is 1.36 bits per heavy atom. The number of aliphatic carboxylic acids is 1. The average Bonchev–Trinajstić information content (AvgIpc) is 2.05. The monoisotopic (exact) mass is 229 g/mol. The van der Waals surface area contributed by atoms with Gasteiger partial charge in [0.2, 0.25) is 0 Å². The van der Waals surface area contributed by atoms with Crippen molar-refractivity contribution in [3.8, 4) is 0 Å². The molecule has 8 heteroatoms. The summed E-state index contributed by atoms with van der Waals surface area (Å²) in [6.45, 7) is 4.92. The quantitative estimate of drug-likeness (QED) is 0.396. The highest BCUT2D eigenvalue weighted by atomic mass is 31.1. The Kier molecular flexibility index (Phi) is 14.3. The summed E-state index contributed by atoms with van der Waals surface area (Å²) in [5, 5.41) is 10.6. The fourth-order valence-electron chi connectivity index (χ4n) is 0.516. The van der Waals surface area contributed by atoms with Crippen LogP contribution in [-0.2, 0) is 14.1 Å². The summed E-state index contributed by atoms with van der Waals surface area (Å²) in [5.74, 6) is -0.833. The molecule has 0 saturated carbocycles. The van der Waals surface area contributed by atoms with Gasteiger partial charge in [0.25, 0.3) is 5.97 Å². The lowest BCUT2D eigenvalue weighted by Gasteiger charge is -2.10. The molecule has 0 spiro atoms. The SMILES string of the molecule is C1COCCN1.CC(=O)O.O=[PH](O)O. The van der Waals surface area contributed by atoms with Gasteiger partial charge in [0.1, 0.15) is 0 Å². The van der Waals surface area contributed by atoms with E-state index in [4.69, 9.17) is 29.0 Å². The van der Waals surface area contributed by atoms with E-state index in [-0.39, 0.29) is 0 Å². The molecule has 0 unspecified atom stereocenters. The van der Waals surface area contributed by atoms with Gasteiger partial charge in [-0.3, -0.25) is 9.36 Å². The van der Waals surface area contributed by atoms with Crippen molar-refractivity contribution in [2.45, 2.75) is 6.92 Å². The number of morpholine rings is 1. The largest absolute Gasteiger partial charge is 0.481 e. The second kappa shape index (κ2) is 12.5. The smallest absolute Gasteiger partial charge is 0.314 e. The number of hydrogen-bond donors (Lipinski definition) is 4. The molecule has 86 valence electrons. The minimum atomic E-state index is -3.13. The van der Waals surface area contributed by atoms with Crippen molar-refractivity contribution in [2.24, 2.45) is 0 Å². The molecule has 0 amide bonds. The summed E-state index contributed by atoms with van der Waals surface area (Å²) in [4.78, 5) is 23.3. The number of carboxylic acid groups (broad SMARTS) is 1. The minimum Gasteiger partial charge on any atom is -0.481 e. The minimum absolute atomic E-state index is 0.833. The standard InChI is InChI=1S/C4H9NO.C2H4O2.H3O3P/c1-3-6-4-2-5-1;1-2(3)4;1-4(2)3/h5H,1-4H2;1H3,(H,3,4);4H,(H2,1,2,3). The first kappa shape index (κ1) is 16.0. The molecule has 1 fully saturated rings. The zero-order valence-electron chi connectivity index (χ0n) is 7.89. The van der Waals surface area contributed by atoms with Crippen LogP contribution in [0.1, 0.15) is 6.92 Å². The van der Waals surface area contributed by atoms with Gasteiger partial charge in [0.05, 0.1) is 13.2 Å². The van der Waals surface area contributed by atoms with Crippen molar-refractivity contribution in [3.05, 3.63) is 0 Å². The molecule has 7 nitrogen and oxygen atoms in total. The second-order valence-corrected chi connectivity index (χ2v) is 2.73. The predicted octanol–water partition coefficient (Wildman–Crippen LogP) is -0.942. The van der Waals surface area contributed by atoms with Crippen LogP contribution < -0.4 is 5.32 Å². The van der Waals surface area contributed by atoms with E-state index in [0.717, 1.165) is 33.2 Å². The van der Waals surface area contributed by atoms with Crippen LogP contribution in [0.2, 0.25) is 0 Å². The summed E-state index contributed by atoms with van der Waals surface area (Å²) in [5.41, 5.74) is 0. The van der Waals surface area contributed by atoms with Crippen LogP contribution in [0.25, 0.3) is 0 Å². The molecular weight excluding hydrogens is 213 g/mol. The van der Waals surface area contributed by atoms with Gasteiger partial charge in [-0.1, -0.05) is 0 Å². The molecule has 0 bridgehead atoms. The summed E-state index contributed by atoms with van der Waals surface area (Å²) in [7, 11) is -3.13. The number of carboxylic acids is 1. The van der Waals surface area contributed by atoms with Crippen LogP contribution in [-0.4, -0.2) is 47.2 Å². The zero-order valence-corrected chi connectivity index (χ0v) is 8.89. The van der Waals surface area contributed by atoms with Crippen molar-refractivity contribution < 1.29 is 29.0 Å². The van der Waals surface area contributed by atoms with Crippen molar-refractivity contribution in [1.82, 2.24) is 5.32 Å². The lowest BCUT2D eigenvalue weighted by Crippen LogP contribution is -2.30. The zero-order chi connectivity index (χ0) is 11.4. The predicted molar refractivity (Wildman–Crippen MR) is 50.4 cm³/mol. The number of carbonyl (C=O) groups is 1. The van der Waals surface area contributed by atoms with Crippen LogP contribution in [0.15, 0.2) is 0 Å². The van der Waals surface area contributed by atoms with Gasteiger partial charge >= 0.3 is 8.25 Å². The van der Waals surface area contributed by atoms with Gasteiger partial charge in [-0.15, -0.1) is 0 Å². The maximum Gasteiger partial charge on any atom is 0.314 e. The van der Waals surface area contributed by atoms with Crippen molar-refractivity contribution in [3.63, 3.8) is 0 Å². The average molecular weight is 229 g/mol. The Balaban J connectivity index is 0. The van der Waals surface area contributed by atoms with Gasteiger partial charge in [-0.05, 0) is 0 Å². The van der Waals surface area contributed by atoms with Crippen LogP contribution >= 0.6 is 8.25 Å². The molecule has 1 aliphatic rings. The summed E-state index contributed by atoms with van der Waals surface area (Å²) < 4.78 is 13.7. The summed E-state index contributed by atoms with van der Waals surface area (Å²) in [6.07, 6.45) is 0. The number of rotatable bonds is 0. The van der Waals surface area contributed by atoms with E-state index < -0.39 is 14.2 Å². The molecular formula is C6H16NO6P. The first-order valence-electron chi connectivity index (χ1n) is 3.86. The van der Waals surface area contributed by atoms with Gasteiger partial charge in [0, 0.05) is 20.0 Å². The molecule has 1 rings (SSSR count). The van der Waals surface area contributed by atoms with E-state index in [1.807, 2.05) is 0 Å². The van der Waals surface area contributed by atoms with Crippen LogP contribution in [0.3, 0.4) is 0 Å². The molecule has 0 aliphatic carbocycles. The molecule has 1 aliphatic heterocycles. The highest BCUT2D eigenvalue weighted by molar-refractivity contribution is 7.30. The first-order chi connectivity index (χ1) is 6.46. The van der Waals surface area contributed by atoms with Crippen molar-refractivity contribution >= 4 is 14.2 Å². The number of ether oxygens (including phenoxy) is 1. The number of nitrogens with one attached hydrogen (secondary N) is 1. The second-order valence-electron chi connectivity index (χ2n) is 2.16. The van der Waals surface area contributed by atoms with Gasteiger partial charge < -0.3 is 24.9 Å². The summed E-state index contributed by atoms with van der Waals surface area (Å²) in [6, 6.07) is 0. The fraction of sp³-hybridized carbons (Fsp3) is 0.833. The molecule has 4 N–H and O–H groups in total. The van der Waals surface area contributed by atoms with E-state index in [9.17, 15) is 0 Å². The maximum absolute atomic E-state index is 9.00. The number of hydrogen-bond acceptors (Lipinski definition) is 4. The van der Waals surface area contributed by atoms with Gasteiger partial charge in [-0.25, -0.2) is 0 Å². The Morgan fingerprint density at radius 3 is 1.71 bits per heavy atom. The third-order valence-corrected chi connectivity index (χ3v) is 0.846. The summed E-state index contributed by atoms with van der Waals surface area (Å²) >= 11 is 0. The Labute approximate surface area is 82.7 Å². The molecule has 1 saturated heterocycles. The molecule has 0 radical (unpaired) electrons. The van der Waals surface area contributed by atoms with E-state index in [1.54, 1.807) is 0 Å². The molecule has 0 atom stereocenters. The lowest BCUT2D eigenvalue weighted by molar-refractivity contribution is -0.134. The highest BCUT2D eigenvalue weighted by Gasteiger charge is 1.92. The fourth-order valence-corrected chi connectivity index (χ4v) is 0.516. The lowest BCUT2D eigenvalue weighted by atomic mass is 10.5. The Hall–Kier alpha value is -0.460. The van der Waals surface area contributed by atoms with Crippen molar-refractivity contribution in [1.29, 1.82) is 0 Å². The molecule has 0 aromatic rings.